The molecule has 0 bridgehead atoms. The van der Waals surface area contributed by atoms with E-state index in [1.54, 1.807) is 0 Å². The largest absolute Gasteiger partial charge is 0.264 e. The Labute approximate surface area is 100 Å². The van der Waals surface area contributed by atoms with Gasteiger partial charge in [-0.05, 0) is 42.9 Å². The fourth-order valence-corrected chi connectivity index (χ4v) is 2.06. The highest BCUT2D eigenvalue weighted by Gasteiger charge is 2.01. The zero-order chi connectivity index (χ0) is 11.6. The van der Waals surface area contributed by atoms with E-state index in [0.29, 0.717) is 0 Å². The molecule has 0 aliphatic carbocycles. The third-order valence-corrected chi connectivity index (χ3v) is 3.10. The molecule has 0 unspecified atom stereocenters. The molecule has 1 heteroatoms. The third kappa shape index (κ3) is 4.78. The van der Waals surface area contributed by atoms with Gasteiger partial charge in [0.1, 0.15) is 0 Å². The van der Waals surface area contributed by atoms with Crippen molar-refractivity contribution in [2.24, 2.45) is 0 Å². The fourth-order valence-electron chi connectivity index (χ4n) is 2.06. The molecule has 90 valence electrons. The molecule has 0 saturated heterocycles. The first-order valence-corrected chi connectivity index (χ1v) is 6.80. The molecule has 0 atom stereocenters. The van der Waals surface area contributed by atoms with Crippen molar-refractivity contribution >= 4 is 0 Å². The minimum atomic E-state index is 1.21. The van der Waals surface area contributed by atoms with Gasteiger partial charge >= 0.3 is 0 Å². The Balaban J connectivity index is 2.46. The molecule has 0 fully saturated rings. The van der Waals surface area contributed by atoms with Gasteiger partial charge in [0.2, 0.25) is 0 Å². The van der Waals surface area contributed by atoms with E-state index in [-0.39, 0.29) is 0 Å². The lowest BCUT2D eigenvalue weighted by atomic mass is 9.99. The Morgan fingerprint density at radius 3 is 2.12 bits per heavy atom. The van der Waals surface area contributed by atoms with E-state index >= 15 is 0 Å². The highest BCUT2D eigenvalue weighted by atomic mass is 14.6. The number of hydrogen-bond donors (Lipinski definition) is 0. The molecule has 0 aliphatic rings. The monoisotopic (exact) mass is 219 g/mol. The average Bonchev–Trinajstić information content (AvgIpc) is 2.32. The van der Waals surface area contributed by atoms with Crippen LogP contribution in [-0.2, 0) is 12.8 Å². The van der Waals surface area contributed by atoms with E-state index in [1.807, 2.05) is 6.20 Å². The molecule has 1 aromatic rings. The topological polar surface area (TPSA) is 12.9 Å². The van der Waals surface area contributed by atoms with Gasteiger partial charge in [0, 0.05) is 12.4 Å². The van der Waals surface area contributed by atoms with Crippen LogP contribution in [0, 0.1) is 0 Å². The maximum absolute atomic E-state index is 4.25. The lowest BCUT2D eigenvalue weighted by Gasteiger charge is -2.08. The van der Waals surface area contributed by atoms with E-state index in [9.17, 15) is 0 Å². The van der Waals surface area contributed by atoms with Crippen LogP contribution >= 0.6 is 0 Å². The summed E-state index contributed by atoms with van der Waals surface area (Å²) in [6, 6.07) is 2.21. The summed E-state index contributed by atoms with van der Waals surface area (Å²) < 4.78 is 0. The van der Waals surface area contributed by atoms with Crippen molar-refractivity contribution in [2.75, 3.05) is 0 Å². The van der Waals surface area contributed by atoms with Gasteiger partial charge in [0.15, 0.2) is 0 Å². The third-order valence-electron chi connectivity index (χ3n) is 3.10. The smallest absolute Gasteiger partial charge is 0.0302 e. The lowest BCUT2D eigenvalue weighted by molar-refractivity contribution is 0.691. The zero-order valence-electron chi connectivity index (χ0n) is 10.8. The summed E-state index contributed by atoms with van der Waals surface area (Å²) in [7, 11) is 0. The molecule has 0 aromatic carbocycles. The summed E-state index contributed by atoms with van der Waals surface area (Å²) in [4.78, 5) is 4.25. The maximum atomic E-state index is 4.25. The van der Waals surface area contributed by atoms with Gasteiger partial charge in [-0.25, -0.2) is 0 Å². The molecule has 1 aromatic heterocycles. The highest BCUT2D eigenvalue weighted by Crippen LogP contribution is 2.14. The number of pyridine rings is 1. The number of rotatable bonds is 8. The Bertz CT molecular complexity index is 252. The van der Waals surface area contributed by atoms with E-state index < -0.39 is 0 Å². The van der Waals surface area contributed by atoms with Crippen LogP contribution in [0.3, 0.4) is 0 Å². The SMILES string of the molecule is CCCCCc1ccncc1CCCCC. The highest BCUT2D eigenvalue weighted by molar-refractivity contribution is 5.23. The number of aromatic nitrogens is 1. The van der Waals surface area contributed by atoms with Crippen molar-refractivity contribution in [3.05, 3.63) is 29.6 Å². The normalized spacial score (nSPS) is 10.6. The predicted octanol–water partition coefficient (Wildman–Crippen LogP) is 4.55. The molecule has 1 rings (SSSR count). The summed E-state index contributed by atoms with van der Waals surface area (Å²) in [5.41, 5.74) is 3.01. The molecule has 0 saturated carbocycles. The number of aryl methyl sites for hydroxylation is 2. The average molecular weight is 219 g/mol. The van der Waals surface area contributed by atoms with Crippen LogP contribution in [0.15, 0.2) is 18.5 Å². The van der Waals surface area contributed by atoms with E-state index in [4.69, 9.17) is 0 Å². The Hall–Kier alpha value is -0.850. The lowest BCUT2D eigenvalue weighted by Crippen LogP contribution is -1.96. The van der Waals surface area contributed by atoms with Crippen molar-refractivity contribution in [3.8, 4) is 0 Å². The molecule has 1 heterocycles. The molecular formula is C15H25N. The Morgan fingerprint density at radius 2 is 1.50 bits per heavy atom. The minimum Gasteiger partial charge on any atom is -0.264 e. The summed E-state index contributed by atoms with van der Waals surface area (Å²) in [6.45, 7) is 4.51. The first kappa shape index (κ1) is 13.2. The van der Waals surface area contributed by atoms with Crippen molar-refractivity contribution < 1.29 is 0 Å². The van der Waals surface area contributed by atoms with Gasteiger partial charge in [0.05, 0.1) is 0 Å². The van der Waals surface area contributed by atoms with E-state index in [0.717, 1.165) is 0 Å². The van der Waals surface area contributed by atoms with Crippen LogP contribution in [0.25, 0.3) is 0 Å². The van der Waals surface area contributed by atoms with Crippen LogP contribution in [-0.4, -0.2) is 4.98 Å². The van der Waals surface area contributed by atoms with Gasteiger partial charge in [0.25, 0.3) is 0 Å². The van der Waals surface area contributed by atoms with Gasteiger partial charge in [-0.1, -0.05) is 39.5 Å². The second kappa shape index (κ2) is 8.32. The summed E-state index contributed by atoms with van der Waals surface area (Å²) in [5, 5.41) is 0. The summed E-state index contributed by atoms with van der Waals surface area (Å²) >= 11 is 0. The van der Waals surface area contributed by atoms with Crippen LogP contribution in [0.5, 0.6) is 0 Å². The Morgan fingerprint density at radius 1 is 0.875 bits per heavy atom. The van der Waals surface area contributed by atoms with Crippen LogP contribution in [0.4, 0.5) is 0 Å². The van der Waals surface area contributed by atoms with Crippen LogP contribution in [0.2, 0.25) is 0 Å². The number of unbranched alkanes of at least 4 members (excludes halogenated alkanes) is 4. The molecule has 16 heavy (non-hydrogen) atoms. The van der Waals surface area contributed by atoms with Gasteiger partial charge in [-0.15, -0.1) is 0 Å². The molecule has 0 spiro atoms. The second-order valence-electron chi connectivity index (χ2n) is 4.56. The van der Waals surface area contributed by atoms with Crippen molar-refractivity contribution in [2.45, 2.75) is 65.2 Å². The number of nitrogens with zero attached hydrogens (tertiary/aromatic N) is 1. The molecule has 0 radical (unpaired) electrons. The maximum Gasteiger partial charge on any atom is 0.0302 e. The molecular weight excluding hydrogens is 194 g/mol. The predicted molar refractivity (Wildman–Crippen MR) is 70.7 cm³/mol. The van der Waals surface area contributed by atoms with Gasteiger partial charge < -0.3 is 0 Å². The van der Waals surface area contributed by atoms with Crippen molar-refractivity contribution in [1.29, 1.82) is 0 Å². The number of hydrogen-bond acceptors (Lipinski definition) is 1. The van der Waals surface area contributed by atoms with Gasteiger partial charge in [-0.3, -0.25) is 4.98 Å². The first-order chi connectivity index (χ1) is 7.88. The molecule has 0 N–H and O–H groups in total. The summed E-state index contributed by atoms with van der Waals surface area (Å²) in [6.07, 6.45) is 14.4. The standard InChI is InChI=1S/C15H25N/c1-3-5-7-9-14-11-12-16-13-15(14)10-8-6-4-2/h11-13H,3-10H2,1-2H3. The zero-order valence-corrected chi connectivity index (χ0v) is 10.8. The Kier molecular flexibility index (Phi) is 6.87. The van der Waals surface area contributed by atoms with Crippen LogP contribution in [0.1, 0.15) is 63.5 Å². The second-order valence-corrected chi connectivity index (χ2v) is 4.56. The molecule has 0 amide bonds. The van der Waals surface area contributed by atoms with Crippen LogP contribution < -0.4 is 0 Å². The van der Waals surface area contributed by atoms with Crippen molar-refractivity contribution in [1.82, 2.24) is 4.98 Å². The quantitative estimate of drug-likeness (QED) is 0.585. The van der Waals surface area contributed by atoms with Gasteiger partial charge in [-0.2, -0.15) is 0 Å². The summed E-state index contributed by atoms with van der Waals surface area (Å²) in [5.74, 6) is 0. The first-order valence-electron chi connectivity index (χ1n) is 6.80. The fraction of sp³-hybridized carbons (Fsp3) is 0.667. The van der Waals surface area contributed by atoms with E-state index in [1.165, 1.54) is 62.5 Å². The van der Waals surface area contributed by atoms with Crippen molar-refractivity contribution in [3.63, 3.8) is 0 Å². The molecule has 0 aliphatic heterocycles. The van der Waals surface area contributed by atoms with E-state index in [2.05, 4.69) is 31.1 Å². The molecule has 1 nitrogen and oxygen atoms in total. The minimum absolute atomic E-state index is 1.21.